The molecule has 2 aromatic heterocycles. The minimum atomic E-state index is 0.921. The molecule has 0 radical (unpaired) electrons. The van der Waals surface area contributed by atoms with Gasteiger partial charge in [-0.15, -0.1) is 0 Å². The molecule has 2 aliphatic rings. The Hall–Kier alpha value is -6.12. The first kappa shape index (κ1) is 26.9. The fourth-order valence-electron chi connectivity index (χ4n) is 8.80. The fourth-order valence-corrected chi connectivity index (χ4v) is 8.80. The lowest BCUT2D eigenvalue weighted by molar-refractivity contribution is 1.02. The van der Waals surface area contributed by atoms with E-state index in [1.165, 1.54) is 99.1 Å². The van der Waals surface area contributed by atoms with Crippen molar-refractivity contribution in [2.24, 2.45) is 0 Å². The van der Waals surface area contributed by atoms with Crippen LogP contribution in [0.3, 0.4) is 0 Å². The van der Waals surface area contributed by atoms with Gasteiger partial charge in [0.15, 0.2) is 0 Å². The van der Waals surface area contributed by atoms with Crippen LogP contribution in [0.4, 0.5) is 0 Å². The highest BCUT2D eigenvalue weighted by Crippen LogP contribution is 2.46. The number of benzene rings is 7. The van der Waals surface area contributed by atoms with Gasteiger partial charge in [-0.3, -0.25) is 0 Å². The topological polar surface area (TPSA) is 9.86 Å². The molecule has 230 valence electrons. The van der Waals surface area contributed by atoms with Gasteiger partial charge in [0.05, 0.1) is 22.1 Å². The number of fused-ring (bicyclic) bond motifs is 9. The summed E-state index contributed by atoms with van der Waals surface area (Å²) < 4.78 is 4.88. The molecule has 0 fully saturated rings. The van der Waals surface area contributed by atoms with E-state index in [0.29, 0.717) is 0 Å². The van der Waals surface area contributed by atoms with Gasteiger partial charge >= 0.3 is 0 Å². The highest BCUT2D eigenvalue weighted by atomic mass is 15.0. The minimum absolute atomic E-state index is 0.921. The zero-order chi connectivity index (χ0) is 32.1. The van der Waals surface area contributed by atoms with Crippen LogP contribution < -0.4 is 0 Å². The molecular formula is C47H32N2. The fraction of sp³-hybridized carbons (Fsp3) is 0.0638. The van der Waals surface area contributed by atoms with Crippen molar-refractivity contribution in [2.75, 3.05) is 0 Å². The molecule has 2 aliphatic carbocycles. The Morgan fingerprint density at radius 2 is 1.16 bits per heavy atom. The van der Waals surface area contributed by atoms with Crippen LogP contribution in [0.5, 0.6) is 0 Å². The normalized spacial score (nSPS) is 13.9. The standard InChI is InChI=1S/C47H32N2/c1-3-12-34(13-4-1)48-42-20-9-7-16-36(42)41-28-31(24-25-44(41)48)30-22-23-32-26-33-29-45-47(39-19-11-18-37(46(33)39)40(32)27-30)38-17-8-10-21-43(38)49(45)35-14-5-2-6-15-35/h2-3,5-25,27-29H,1,4,26H2. The number of hydrogen-bond acceptors (Lipinski definition) is 0. The third-order valence-electron chi connectivity index (χ3n) is 10.9. The van der Waals surface area contributed by atoms with Crippen LogP contribution in [-0.2, 0) is 6.42 Å². The molecule has 2 heteroatoms. The maximum atomic E-state index is 2.46. The summed E-state index contributed by atoms with van der Waals surface area (Å²) >= 11 is 0. The molecular weight excluding hydrogens is 593 g/mol. The third-order valence-corrected chi connectivity index (χ3v) is 10.9. The predicted molar refractivity (Wildman–Crippen MR) is 208 cm³/mol. The van der Waals surface area contributed by atoms with Crippen LogP contribution in [-0.4, -0.2) is 9.13 Å². The number of aromatic nitrogens is 2. The average molecular weight is 625 g/mol. The van der Waals surface area contributed by atoms with Crippen molar-refractivity contribution in [3.8, 4) is 27.9 Å². The Kier molecular flexibility index (Phi) is 5.59. The maximum Gasteiger partial charge on any atom is 0.0550 e. The molecule has 49 heavy (non-hydrogen) atoms. The highest BCUT2D eigenvalue weighted by Gasteiger charge is 2.24. The van der Waals surface area contributed by atoms with E-state index in [1.54, 1.807) is 0 Å². The van der Waals surface area contributed by atoms with Crippen LogP contribution in [0.2, 0.25) is 0 Å². The molecule has 0 N–H and O–H groups in total. The number of nitrogens with zero attached hydrogens (tertiary/aromatic N) is 2. The summed E-state index contributed by atoms with van der Waals surface area (Å²) in [5.41, 5.74) is 15.5. The van der Waals surface area contributed by atoms with E-state index < -0.39 is 0 Å². The first-order valence-electron chi connectivity index (χ1n) is 17.4. The van der Waals surface area contributed by atoms with Crippen molar-refractivity contribution < 1.29 is 0 Å². The zero-order valence-electron chi connectivity index (χ0n) is 27.0. The summed E-state index contributed by atoms with van der Waals surface area (Å²) in [6, 6.07) is 52.1. The van der Waals surface area contributed by atoms with Gasteiger partial charge in [-0.1, -0.05) is 103 Å². The summed E-state index contributed by atoms with van der Waals surface area (Å²) in [5.74, 6) is 0. The van der Waals surface area contributed by atoms with Gasteiger partial charge in [-0.25, -0.2) is 0 Å². The molecule has 2 heterocycles. The molecule has 0 aliphatic heterocycles. The summed E-state index contributed by atoms with van der Waals surface area (Å²) in [6.45, 7) is 0. The second kappa shape index (κ2) is 10.2. The van der Waals surface area contributed by atoms with Crippen LogP contribution >= 0.6 is 0 Å². The average Bonchev–Trinajstić information content (AvgIpc) is 3.68. The van der Waals surface area contributed by atoms with Gasteiger partial charge in [0, 0.05) is 32.9 Å². The number of hydrogen-bond donors (Lipinski definition) is 0. The highest BCUT2D eigenvalue weighted by molar-refractivity contribution is 6.24. The lowest BCUT2D eigenvalue weighted by atomic mass is 9.81. The number of rotatable bonds is 3. The van der Waals surface area contributed by atoms with Crippen molar-refractivity contribution >= 4 is 60.1 Å². The van der Waals surface area contributed by atoms with E-state index in [1.807, 2.05) is 0 Å². The monoisotopic (exact) mass is 624 g/mol. The van der Waals surface area contributed by atoms with E-state index in [-0.39, 0.29) is 0 Å². The second-order valence-corrected chi connectivity index (χ2v) is 13.6. The van der Waals surface area contributed by atoms with Crippen molar-refractivity contribution in [3.63, 3.8) is 0 Å². The van der Waals surface area contributed by atoms with Crippen molar-refractivity contribution in [3.05, 3.63) is 169 Å². The molecule has 11 rings (SSSR count). The van der Waals surface area contributed by atoms with Crippen LogP contribution in [0.25, 0.3) is 88.0 Å². The van der Waals surface area contributed by atoms with Gasteiger partial charge in [-0.05, 0) is 118 Å². The molecule has 7 aromatic carbocycles. The van der Waals surface area contributed by atoms with Gasteiger partial charge in [0.25, 0.3) is 0 Å². The van der Waals surface area contributed by atoms with E-state index in [0.717, 1.165) is 19.3 Å². The van der Waals surface area contributed by atoms with Gasteiger partial charge < -0.3 is 9.13 Å². The van der Waals surface area contributed by atoms with Gasteiger partial charge in [0.1, 0.15) is 0 Å². The van der Waals surface area contributed by atoms with E-state index >= 15 is 0 Å². The molecule has 0 unspecified atom stereocenters. The summed E-state index contributed by atoms with van der Waals surface area (Å²) in [4.78, 5) is 0. The Morgan fingerprint density at radius 3 is 2.02 bits per heavy atom. The molecule has 0 saturated carbocycles. The Bertz CT molecular complexity index is 2890. The SMILES string of the molecule is C1=CC(n2c3ccccc3c3cc(-c4ccc5c(c4)-c4cccc6c4c(cc4c6c6ccccc6n4-c4ccccc4)C5)ccc32)=CCC1. The Labute approximate surface area is 284 Å². The van der Waals surface area contributed by atoms with Crippen LogP contribution in [0.15, 0.2) is 158 Å². The molecule has 2 nitrogen and oxygen atoms in total. The third kappa shape index (κ3) is 3.83. The van der Waals surface area contributed by atoms with Crippen LogP contribution in [0.1, 0.15) is 24.0 Å². The molecule has 0 atom stereocenters. The van der Waals surface area contributed by atoms with Gasteiger partial charge in [0.2, 0.25) is 0 Å². The molecule has 0 amide bonds. The number of para-hydroxylation sites is 3. The summed E-state index contributed by atoms with van der Waals surface area (Å²) in [7, 11) is 0. The molecule has 0 bridgehead atoms. The predicted octanol–water partition coefficient (Wildman–Crippen LogP) is 12.5. The van der Waals surface area contributed by atoms with Crippen molar-refractivity contribution in [2.45, 2.75) is 19.3 Å². The smallest absolute Gasteiger partial charge is 0.0550 e. The number of allylic oxidation sites excluding steroid dienone is 4. The second-order valence-electron chi connectivity index (χ2n) is 13.6. The maximum absolute atomic E-state index is 2.46. The summed E-state index contributed by atoms with van der Waals surface area (Å²) in [5, 5.41) is 7.97. The lowest BCUT2D eigenvalue weighted by Crippen LogP contribution is -2.03. The Morgan fingerprint density at radius 1 is 0.429 bits per heavy atom. The van der Waals surface area contributed by atoms with Gasteiger partial charge in [-0.2, -0.15) is 0 Å². The first-order valence-corrected chi connectivity index (χ1v) is 17.4. The zero-order valence-corrected chi connectivity index (χ0v) is 27.0. The molecule has 0 spiro atoms. The van der Waals surface area contributed by atoms with Crippen molar-refractivity contribution in [1.82, 2.24) is 9.13 Å². The summed E-state index contributed by atoms with van der Waals surface area (Å²) in [6.07, 6.45) is 10.1. The van der Waals surface area contributed by atoms with Crippen molar-refractivity contribution in [1.29, 1.82) is 0 Å². The first-order chi connectivity index (χ1) is 24.3. The molecule has 9 aromatic rings. The van der Waals surface area contributed by atoms with E-state index in [2.05, 4.69) is 167 Å². The minimum Gasteiger partial charge on any atom is -0.310 e. The van der Waals surface area contributed by atoms with E-state index in [4.69, 9.17) is 0 Å². The Balaban J connectivity index is 1.11. The van der Waals surface area contributed by atoms with Crippen LogP contribution in [0, 0.1) is 0 Å². The van der Waals surface area contributed by atoms with E-state index in [9.17, 15) is 0 Å². The quantitative estimate of drug-likeness (QED) is 0.185. The largest absolute Gasteiger partial charge is 0.310 e. The molecule has 0 saturated heterocycles. The lowest BCUT2D eigenvalue weighted by Gasteiger charge is -2.23.